The molecule has 5 heteroatoms. The van der Waals surface area contributed by atoms with E-state index in [0.717, 1.165) is 48.7 Å². The third-order valence-electron chi connectivity index (χ3n) is 4.78. The molecule has 26 heavy (non-hydrogen) atoms. The van der Waals surface area contributed by atoms with E-state index in [2.05, 4.69) is 34.3 Å². The highest BCUT2D eigenvalue weighted by Gasteiger charge is 2.14. The summed E-state index contributed by atoms with van der Waals surface area (Å²) in [5, 5.41) is 2.90. The third kappa shape index (κ3) is 4.55. The second-order valence-corrected chi connectivity index (χ2v) is 6.89. The van der Waals surface area contributed by atoms with Crippen molar-refractivity contribution in [2.24, 2.45) is 0 Å². The number of rotatable bonds is 5. The number of nitrogens with one attached hydrogen (secondary N) is 1. The zero-order valence-electron chi connectivity index (χ0n) is 15.8. The number of hydrogen-bond acceptors (Lipinski definition) is 4. The Labute approximate surface area is 155 Å². The van der Waals surface area contributed by atoms with Crippen LogP contribution in [0.3, 0.4) is 0 Å². The lowest BCUT2D eigenvalue weighted by atomic mass is 10.1. The van der Waals surface area contributed by atoms with E-state index in [1.54, 1.807) is 0 Å². The molecule has 0 bridgehead atoms. The average molecular weight is 353 g/mol. The average Bonchev–Trinajstić information content (AvgIpc) is 2.63. The minimum Gasteiger partial charge on any atom is -0.483 e. The fraction of sp³-hybridized carbons (Fsp3) is 0.381. The van der Waals surface area contributed by atoms with Crippen LogP contribution in [0, 0.1) is 13.8 Å². The smallest absolute Gasteiger partial charge is 0.262 e. The SMILES string of the molecule is Cc1cccc(C)c1OCC(=O)Nc1ccc(N2CCN(C)CC2)cc1. The molecule has 0 saturated carbocycles. The number of nitrogens with zero attached hydrogens (tertiary/aromatic N) is 2. The first-order valence-corrected chi connectivity index (χ1v) is 9.05. The van der Waals surface area contributed by atoms with E-state index >= 15 is 0 Å². The minimum atomic E-state index is -0.153. The van der Waals surface area contributed by atoms with E-state index in [9.17, 15) is 4.79 Å². The monoisotopic (exact) mass is 353 g/mol. The number of para-hydroxylation sites is 1. The summed E-state index contributed by atoms with van der Waals surface area (Å²) in [5.41, 5.74) is 4.06. The number of benzene rings is 2. The van der Waals surface area contributed by atoms with Gasteiger partial charge in [0.05, 0.1) is 0 Å². The molecule has 0 radical (unpaired) electrons. The lowest BCUT2D eigenvalue weighted by Gasteiger charge is -2.34. The first-order valence-electron chi connectivity index (χ1n) is 9.05. The summed E-state index contributed by atoms with van der Waals surface area (Å²) in [7, 11) is 2.15. The molecule has 1 aliphatic heterocycles. The van der Waals surface area contributed by atoms with Gasteiger partial charge in [-0.25, -0.2) is 0 Å². The molecular weight excluding hydrogens is 326 g/mol. The summed E-state index contributed by atoms with van der Waals surface area (Å²) < 4.78 is 5.71. The standard InChI is InChI=1S/C21H27N3O2/c1-16-5-4-6-17(2)21(16)26-15-20(25)22-18-7-9-19(10-8-18)24-13-11-23(3)12-14-24/h4-10H,11-15H2,1-3H3,(H,22,25). The molecule has 1 saturated heterocycles. The van der Waals surface area contributed by atoms with Crippen molar-refractivity contribution in [3.8, 4) is 5.75 Å². The maximum absolute atomic E-state index is 12.2. The third-order valence-corrected chi connectivity index (χ3v) is 4.78. The van der Waals surface area contributed by atoms with Crippen molar-refractivity contribution >= 4 is 17.3 Å². The van der Waals surface area contributed by atoms with Gasteiger partial charge in [-0.1, -0.05) is 18.2 Å². The number of hydrogen-bond donors (Lipinski definition) is 1. The number of amides is 1. The Morgan fingerprint density at radius 1 is 1.00 bits per heavy atom. The van der Waals surface area contributed by atoms with Crippen molar-refractivity contribution in [3.63, 3.8) is 0 Å². The van der Waals surface area contributed by atoms with Crippen molar-refractivity contribution in [2.75, 3.05) is 50.1 Å². The molecule has 1 heterocycles. The Balaban J connectivity index is 1.53. The maximum Gasteiger partial charge on any atom is 0.262 e. The molecule has 0 aromatic heterocycles. The Bertz CT molecular complexity index is 730. The number of piperazine rings is 1. The Morgan fingerprint density at radius 2 is 1.62 bits per heavy atom. The molecule has 0 aliphatic carbocycles. The quantitative estimate of drug-likeness (QED) is 0.897. The van der Waals surface area contributed by atoms with Crippen LogP contribution in [-0.4, -0.2) is 50.6 Å². The number of likely N-dealkylation sites (N-methyl/N-ethyl adjacent to an activating group) is 1. The molecule has 0 unspecified atom stereocenters. The molecule has 2 aromatic rings. The van der Waals surface area contributed by atoms with Crippen molar-refractivity contribution in [2.45, 2.75) is 13.8 Å². The van der Waals surface area contributed by atoms with Gasteiger partial charge >= 0.3 is 0 Å². The van der Waals surface area contributed by atoms with Crippen molar-refractivity contribution in [1.29, 1.82) is 0 Å². The summed E-state index contributed by atoms with van der Waals surface area (Å²) in [6.45, 7) is 8.19. The Morgan fingerprint density at radius 3 is 2.23 bits per heavy atom. The molecule has 1 fully saturated rings. The van der Waals surface area contributed by atoms with E-state index in [0.29, 0.717) is 0 Å². The molecule has 1 amide bonds. The van der Waals surface area contributed by atoms with Crippen molar-refractivity contribution in [1.82, 2.24) is 4.90 Å². The number of ether oxygens (including phenoxy) is 1. The van der Waals surface area contributed by atoms with Gasteiger partial charge in [0.2, 0.25) is 0 Å². The highest BCUT2D eigenvalue weighted by atomic mass is 16.5. The van der Waals surface area contributed by atoms with Crippen molar-refractivity contribution < 1.29 is 9.53 Å². The van der Waals surface area contributed by atoms with Crippen LogP contribution in [0.15, 0.2) is 42.5 Å². The Hall–Kier alpha value is -2.53. The van der Waals surface area contributed by atoms with E-state index in [4.69, 9.17) is 4.74 Å². The molecule has 1 N–H and O–H groups in total. The number of carbonyl (C=O) groups is 1. The number of aryl methyl sites for hydroxylation is 2. The second kappa shape index (κ2) is 8.23. The van der Waals surface area contributed by atoms with Gasteiger partial charge in [-0.3, -0.25) is 4.79 Å². The zero-order valence-corrected chi connectivity index (χ0v) is 15.8. The number of anilines is 2. The largest absolute Gasteiger partial charge is 0.483 e. The van der Waals surface area contributed by atoms with Crippen LogP contribution in [0.5, 0.6) is 5.75 Å². The molecule has 5 nitrogen and oxygen atoms in total. The molecule has 138 valence electrons. The number of carbonyl (C=O) groups excluding carboxylic acids is 1. The van der Waals surface area contributed by atoms with Gasteiger partial charge in [-0.15, -0.1) is 0 Å². The van der Waals surface area contributed by atoms with Crippen LogP contribution in [-0.2, 0) is 4.79 Å². The van der Waals surface area contributed by atoms with Crippen LogP contribution in [0.1, 0.15) is 11.1 Å². The fourth-order valence-electron chi connectivity index (χ4n) is 3.18. The van der Waals surface area contributed by atoms with Crippen LogP contribution in [0.2, 0.25) is 0 Å². The first-order chi connectivity index (χ1) is 12.5. The van der Waals surface area contributed by atoms with E-state index in [1.807, 2.05) is 44.2 Å². The lowest BCUT2D eigenvalue weighted by molar-refractivity contribution is -0.118. The van der Waals surface area contributed by atoms with Gasteiger partial charge in [-0.2, -0.15) is 0 Å². The van der Waals surface area contributed by atoms with Gasteiger partial charge in [0.15, 0.2) is 6.61 Å². The van der Waals surface area contributed by atoms with Gasteiger partial charge < -0.3 is 19.9 Å². The van der Waals surface area contributed by atoms with Crippen LogP contribution in [0.25, 0.3) is 0 Å². The molecular formula is C21H27N3O2. The molecule has 2 aromatic carbocycles. The summed E-state index contributed by atoms with van der Waals surface area (Å²) in [6.07, 6.45) is 0. The van der Waals surface area contributed by atoms with Crippen molar-refractivity contribution in [3.05, 3.63) is 53.6 Å². The van der Waals surface area contributed by atoms with Crippen LogP contribution < -0.4 is 15.0 Å². The predicted octanol–water partition coefficient (Wildman–Crippen LogP) is 3.07. The zero-order chi connectivity index (χ0) is 18.5. The lowest BCUT2D eigenvalue weighted by Crippen LogP contribution is -2.44. The Kier molecular flexibility index (Phi) is 5.78. The fourth-order valence-corrected chi connectivity index (χ4v) is 3.18. The molecule has 0 spiro atoms. The van der Waals surface area contributed by atoms with Gasteiger partial charge in [-0.05, 0) is 56.3 Å². The molecule has 3 rings (SSSR count). The summed E-state index contributed by atoms with van der Waals surface area (Å²) in [5.74, 6) is 0.632. The van der Waals surface area contributed by atoms with Gasteiger partial charge in [0.25, 0.3) is 5.91 Å². The summed E-state index contributed by atoms with van der Waals surface area (Å²) in [6, 6.07) is 14.0. The van der Waals surface area contributed by atoms with Gasteiger partial charge in [0, 0.05) is 37.6 Å². The van der Waals surface area contributed by atoms with Gasteiger partial charge in [0.1, 0.15) is 5.75 Å². The van der Waals surface area contributed by atoms with Crippen LogP contribution >= 0.6 is 0 Å². The van der Waals surface area contributed by atoms with E-state index in [1.165, 1.54) is 5.69 Å². The summed E-state index contributed by atoms with van der Waals surface area (Å²) >= 11 is 0. The van der Waals surface area contributed by atoms with E-state index < -0.39 is 0 Å². The molecule has 1 aliphatic rings. The summed E-state index contributed by atoms with van der Waals surface area (Å²) in [4.78, 5) is 16.9. The molecule has 0 atom stereocenters. The predicted molar refractivity (Wildman–Crippen MR) is 106 cm³/mol. The van der Waals surface area contributed by atoms with Crippen LogP contribution in [0.4, 0.5) is 11.4 Å². The first kappa shape index (κ1) is 18.3. The normalized spacial score (nSPS) is 15.0. The second-order valence-electron chi connectivity index (χ2n) is 6.89. The topological polar surface area (TPSA) is 44.8 Å². The highest BCUT2D eigenvalue weighted by molar-refractivity contribution is 5.92. The minimum absolute atomic E-state index is 0.00586. The van der Waals surface area contributed by atoms with E-state index in [-0.39, 0.29) is 12.5 Å². The maximum atomic E-state index is 12.2. The highest BCUT2D eigenvalue weighted by Crippen LogP contribution is 2.22.